The van der Waals surface area contributed by atoms with Gasteiger partial charge in [0.25, 0.3) is 5.91 Å². The number of rotatable bonds is 5. The van der Waals surface area contributed by atoms with Gasteiger partial charge in [0, 0.05) is 11.3 Å². The maximum atomic E-state index is 12.3. The minimum Gasteiger partial charge on any atom is -0.324 e. The van der Waals surface area contributed by atoms with E-state index in [1.54, 1.807) is 24.3 Å². The third-order valence-corrected chi connectivity index (χ3v) is 3.72. The van der Waals surface area contributed by atoms with Gasteiger partial charge in [0.05, 0.1) is 18.7 Å². The van der Waals surface area contributed by atoms with E-state index >= 15 is 0 Å². The molecule has 22 heavy (non-hydrogen) atoms. The Labute approximate surface area is 131 Å². The molecule has 2 aromatic carbocycles. The van der Waals surface area contributed by atoms with Gasteiger partial charge in [-0.3, -0.25) is 4.79 Å². The number of carbonyl (C=O) groups is 1. The Balaban J connectivity index is 1.98. The largest absolute Gasteiger partial charge is 0.324 e. The second-order valence-electron chi connectivity index (χ2n) is 5.41. The molecule has 0 aliphatic carbocycles. The van der Waals surface area contributed by atoms with Crippen molar-refractivity contribution >= 4 is 11.6 Å². The number of hydrogen-bond donors (Lipinski definition) is 2. The summed E-state index contributed by atoms with van der Waals surface area (Å²) in [5.41, 5.74) is 2.39. The second kappa shape index (κ2) is 7.39. The molecule has 0 heterocycles. The van der Waals surface area contributed by atoms with Gasteiger partial charge in [-0.1, -0.05) is 36.4 Å². The van der Waals surface area contributed by atoms with E-state index in [2.05, 4.69) is 23.5 Å². The highest BCUT2D eigenvalue weighted by Gasteiger charge is 2.22. The summed E-state index contributed by atoms with van der Waals surface area (Å²) < 4.78 is 0. The first-order valence-corrected chi connectivity index (χ1v) is 7.27. The maximum absolute atomic E-state index is 12.3. The minimum absolute atomic E-state index is 0.0523. The van der Waals surface area contributed by atoms with Crippen molar-refractivity contribution in [3.8, 4) is 6.07 Å². The van der Waals surface area contributed by atoms with Crippen molar-refractivity contribution in [3.05, 3.63) is 65.7 Å². The van der Waals surface area contributed by atoms with Crippen LogP contribution in [0.5, 0.6) is 0 Å². The summed E-state index contributed by atoms with van der Waals surface area (Å²) in [6.45, 7) is 2.69. The fourth-order valence-corrected chi connectivity index (χ4v) is 2.21. The lowest BCUT2D eigenvalue weighted by Gasteiger charge is -2.21. The fourth-order valence-electron chi connectivity index (χ4n) is 2.21. The molecule has 4 nitrogen and oxygen atoms in total. The molecule has 2 aromatic rings. The zero-order chi connectivity index (χ0) is 15.9. The molecule has 2 atom stereocenters. The third-order valence-electron chi connectivity index (χ3n) is 3.72. The Kier molecular flexibility index (Phi) is 5.29. The summed E-state index contributed by atoms with van der Waals surface area (Å²) in [4.78, 5) is 13.4. The van der Waals surface area contributed by atoms with Gasteiger partial charge >= 0.3 is 0 Å². The topological polar surface area (TPSA) is 57.3 Å². The monoisotopic (exact) mass is 294 g/mol. The number of hydrogen-bond acceptors (Lipinski definition) is 2. The van der Waals surface area contributed by atoms with Crippen molar-refractivity contribution in [1.82, 2.24) is 0 Å². The van der Waals surface area contributed by atoms with Gasteiger partial charge < -0.3 is 10.2 Å². The quantitative estimate of drug-likeness (QED) is 0.880. The molecule has 0 fully saturated rings. The maximum Gasteiger partial charge on any atom is 0.282 e. The molecule has 1 amide bonds. The molecule has 0 saturated heterocycles. The number of benzene rings is 2. The number of anilines is 1. The number of likely N-dealkylation sites (N-methyl/N-ethyl adjacent to an activating group) is 1. The van der Waals surface area contributed by atoms with Crippen LogP contribution in [-0.4, -0.2) is 19.0 Å². The summed E-state index contributed by atoms with van der Waals surface area (Å²) in [7, 11) is 2.00. The standard InChI is InChI=1S/C18H19N3O/c1-14(21(2)13-15-7-4-3-5-8-15)18(22)20-17-10-6-9-16(11-17)12-19/h3-11,14H,13H2,1-2H3,(H,20,22)/p+1/t14-/m0/s1. The number of nitrogens with one attached hydrogen (secondary N) is 2. The van der Waals surface area contributed by atoms with Crippen LogP contribution in [0.2, 0.25) is 0 Å². The average Bonchev–Trinajstić information content (AvgIpc) is 2.55. The summed E-state index contributed by atoms with van der Waals surface area (Å²) in [6, 6.07) is 18.9. The van der Waals surface area contributed by atoms with Crippen LogP contribution < -0.4 is 10.2 Å². The zero-order valence-corrected chi connectivity index (χ0v) is 12.8. The van der Waals surface area contributed by atoms with Crippen molar-refractivity contribution < 1.29 is 9.69 Å². The van der Waals surface area contributed by atoms with E-state index in [4.69, 9.17) is 5.26 Å². The van der Waals surface area contributed by atoms with Crippen molar-refractivity contribution in [2.24, 2.45) is 0 Å². The summed E-state index contributed by atoms with van der Waals surface area (Å²) in [5.74, 6) is -0.0523. The van der Waals surface area contributed by atoms with Crippen molar-refractivity contribution in [1.29, 1.82) is 5.26 Å². The summed E-state index contributed by atoms with van der Waals surface area (Å²) >= 11 is 0. The van der Waals surface area contributed by atoms with Gasteiger partial charge in [0.15, 0.2) is 6.04 Å². The first kappa shape index (κ1) is 15.7. The first-order valence-electron chi connectivity index (χ1n) is 7.27. The van der Waals surface area contributed by atoms with Crippen LogP contribution in [0.25, 0.3) is 0 Å². The van der Waals surface area contributed by atoms with E-state index in [-0.39, 0.29) is 11.9 Å². The predicted molar refractivity (Wildman–Crippen MR) is 86.3 cm³/mol. The molecule has 4 heteroatoms. The molecule has 0 aromatic heterocycles. The van der Waals surface area contributed by atoms with Crippen LogP contribution in [0.4, 0.5) is 5.69 Å². The van der Waals surface area contributed by atoms with E-state index in [1.807, 2.05) is 32.2 Å². The van der Waals surface area contributed by atoms with Crippen LogP contribution >= 0.6 is 0 Å². The number of nitriles is 1. The molecule has 1 unspecified atom stereocenters. The smallest absolute Gasteiger partial charge is 0.282 e. The Hall–Kier alpha value is -2.64. The first-order chi connectivity index (χ1) is 10.6. The third kappa shape index (κ3) is 4.18. The average molecular weight is 294 g/mol. The van der Waals surface area contributed by atoms with Crippen LogP contribution in [0.15, 0.2) is 54.6 Å². The molecule has 0 saturated carbocycles. The van der Waals surface area contributed by atoms with Crippen molar-refractivity contribution in [3.63, 3.8) is 0 Å². The van der Waals surface area contributed by atoms with Gasteiger partial charge in [0.1, 0.15) is 6.54 Å². The molecule has 112 valence electrons. The molecule has 0 aliphatic heterocycles. The van der Waals surface area contributed by atoms with Crippen LogP contribution in [0.1, 0.15) is 18.1 Å². The van der Waals surface area contributed by atoms with Crippen molar-refractivity contribution in [2.45, 2.75) is 19.5 Å². The van der Waals surface area contributed by atoms with Gasteiger partial charge in [-0.25, -0.2) is 0 Å². The Morgan fingerprint density at radius 3 is 2.64 bits per heavy atom. The zero-order valence-electron chi connectivity index (χ0n) is 12.8. The normalized spacial score (nSPS) is 13.0. The number of amides is 1. The van der Waals surface area contributed by atoms with Gasteiger partial charge in [-0.05, 0) is 25.1 Å². The van der Waals surface area contributed by atoms with E-state index in [9.17, 15) is 4.79 Å². The Morgan fingerprint density at radius 1 is 1.23 bits per heavy atom. The lowest BCUT2D eigenvalue weighted by molar-refractivity contribution is -0.907. The van der Waals surface area contributed by atoms with E-state index in [0.717, 1.165) is 11.4 Å². The van der Waals surface area contributed by atoms with Gasteiger partial charge in [0.2, 0.25) is 0 Å². The summed E-state index contributed by atoms with van der Waals surface area (Å²) in [6.07, 6.45) is 0. The molecule has 2 rings (SSSR count). The highest BCUT2D eigenvalue weighted by molar-refractivity contribution is 5.93. The fraction of sp³-hybridized carbons (Fsp3) is 0.222. The van der Waals surface area contributed by atoms with Crippen LogP contribution in [0.3, 0.4) is 0 Å². The molecule has 0 radical (unpaired) electrons. The van der Waals surface area contributed by atoms with Crippen LogP contribution in [-0.2, 0) is 11.3 Å². The molecular formula is C18H20N3O+. The Bertz CT molecular complexity index is 676. The van der Waals surface area contributed by atoms with E-state index < -0.39 is 0 Å². The lowest BCUT2D eigenvalue weighted by atomic mass is 10.1. The summed E-state index contributed by atoms with van der Waals surface area (Å²) in [5, 5.41) is 11.8. The molecule has 0 aliphatic rings. The minimum atomic E-state index is -0.189. The molecule has 0 bridgehead atoms. The van der Waals surface area contributed by atoms with Crippen molar-refractivity contribution in [2.75, 3.05) is 12.4 Å². The Morgan fingerprint density at radius 2 is 1.95 bits per heavy atom. The highest BCUT2D eigenvalue weighted by Crippen LogP contribution is 2.09. The number of quaternary nitrogens is 1. The van der Waals surface area contributed by atoms with E-state index in [0.29, 0.717) is 11.3 Å². The molecule has 0 spiro atoms. The molecular weight excluding hydrogens is 274 g/mol. The van der Waals surface area contributed by atoms with Gasteiger partial charge in [-0.2, -0.15) is 5.26 Å². The predicted octanol–water partition coefficient (Wildman–Crippen LogP) is 1.60. The van der Waals surface area contributed by atoms with Crippen LogP contribution in [0, 0.1) is 11.3 Å². The SMILES string of the molecule is C[C@@H](C(=O)Nc1cccc(C#N)c1)[NH+](C)Cc1ccccc1. The van der Waals surface area contributed by atoms with E-state index in [1.165, 1.54) is 5.56 Å². The number of nitrogens with zero attached hydrogens (tertiary/aromatic N) is 1. The molecule has 2 N–H and O–H groups in total. The number of carbonyl (C=O) groups excluding carboxylic acids is 1. The lowest BCUT2D eigenvalue weighted by Crippen LogP contribution is -3.12. The highest BCUT2D eigenvalue weighted by atomic mass is 16.2. The van der Waals surface area contributed by atoms with Gasteiger partial charge in [-0.15, -0.1) is 0 Å². The second-order valence-corrected chi connectivity index (χ2v) is 5.41.